The van der Waals surface area contributed by atoms with E-state index in [1.165, 1.54) is 0 Å². The molecule has 5 atom stereocenters. The predicted molar refractivity (Wildman–Crippen MR) is 103 cm³/mol. The molecule has 1 aliphatic heterocycles. The van der Waals surface area contributed by atoms with Crippen molar-refractivity contribution in [2.75, 3.05) is 5.32 Å². The lowest BCUT2D eigenvalue weighted by molar-refractivity contribution is -0.330. The van der Waals surface area contributed by atoms with Crippen LogP contribution in [0.2, 0.25) is 0 Å². The van der Waals surface area contributed by atoms with E-state index in [1.807, 2.05) is 51.1 Å². The molecule has 1 heterocycles. The van der Waals surface area contributed by atoms with E-state index in [0.29, 0.717) is 0 Å². The first-order chi connectivity index (χ1) is 12.3. The van der Waals surface area contributed by atoms with E-state index < -0.39 is 11.9 Å². The minimum atomic E-state index is -0.628. The molecule has 1 aliphatic rings. The van der Waals surface area contributed by atoms with Crippen LogP contribution in [0.4, 0.5) is 10.5 Å². The van der Waals surface area contributed by atoms with Crippen molar-refractivity contribution in [3.05, 3.63) is 30.3 Å². The second kappa shape index (κ2) is 8.87. The highest BCUT2D eigenvalue weighted by Crippen LogP contribution is 2.37. The van der Waals surface area contributed by atoms with E-state index in [1.54, 1.807) is 0 Å². The maximum Gasteiger partial charge on any atom is 0.411 e. The molecule has 0 aliphatic carbocycles. The summed E-state index contributed by atoms with van der Waals surface area (Å²) in [4.78, 5) is 12.3. The Morgan fingerprint density at radius 1 is 1.23 bits per heavy atom. The number of nitrogens with one attached hydrogen (secondary N) is 1. The van der Waals surface area contributed by atoms with E-state index in [0.717, 1.165) is 18.5 Å². The molecule has 26 heavy (non-hydrogen) atoms. The Balaban J connectivity index is 2.04. The van der Waals surface area contributed by atoms with Crippen LogP contribution in [0.1, 0.15) is 54.4 Å². The van der Waals surface area contributed by atoms with Crippen molar-refractivity contribution >= 4 is 11.8 Å². The van der Waals surface area contributed by atoms with E-state index >= 15 is 0 Å². The average molecular weight is 363 g/mol. The lowest BCUT2D eigenvalue weighted by Crippen LogP contribution is -2.54. The van der Waals surface area contributed by atoms with Gasteiger partial charge in [-0.3, -0.25) is 5.32 Å². The van der Waals surface area contributed by atoms with Gasteiger partial charge in [-0.1, -0.05) is 45.9 Å². The van der Waals surface area contributed by atoms with Crippen molar-refractivity contribution in [3.63, 3.8) is 0 Å². The largest absolute Gasteiger partial charge is 0.446 e. The first kappa shape index (κ1) is 20.7. The van der Waals surface area contributed by atoms with Crippen LogP contribution in [-0.4, -0.2) is 30.2 Å². The van der Waals surface area contributed by atoms with Crippen LogP contribution >= 0.6 is 0 Å². The molecular formula is C21H33NO4. The predicted octanol–water partition coefficient (Wildman–Crippen LogP) is 5.22. The quantitative estimate of drug-likeness (QED) is 0.753. The van der Waals surface area contributed by atoms with Gasteiger partial charge in [0.25, 0.3) is 0 Å². The Labute approximate surface area is 157 Å². The number of carbonyl (C=O) groups is 1. The fourth-order valence-corrected chi connectivity index (χ4v) is 3.77. The van der Waals surface area contributed by atoms with Gasteiger partial charge in [-0.2, -0.15) is 0 Å². The third-order valence-electron chi connectivity index (χ3n) is 5.15. The fourth-order valence-electron chi connectivity index (χ4n) is 3.77. The molecule has 1 saturated heterocycles. The maximum absolute atomic E-state index is 12.3. The molecule has 1 fully saturated rings. The van der Waals surface area contributed by atoms with Crippen molar-refractivity contribution in [2.24, 2.45) is 11.8 Å². The summed E-state index contributed by atoms with van der Waals surface area (Å²) in [6.07, 6.45) is 1.12. The Bertz CT molecular complexity index is 575. The van der Waals surface area contributed by atoms with Crippen LogP contribution in [-0.2, 0) is 14.2 Å². The molecule has 1 aromatic rings. The molecule has 1 aromatic carbocycles. The summed E-state index contributed by atoms with van der Waals surface area (Å²) >= 11 is 0. The summed E-state index contributed by atoms with van der Waals surface area (Å²) < 4.78 is 18.0. The number of hydrogen-bond donors (Lipinski definition) is 1. The van der Waals surface area contributed by atoms with Crippen LogP contribution in [0.15, 0.2) is 30.3 Å². The molecule has 1 amide bonds. The van der Waals surface area contributed by atoms with Crippen molar-refractivity contribution in [1.82, 2.24) is 0 Å². The number of anilines is 1. The van der Waals surface area contributed by atoms with E-state index in [-0.39, 0.29) is 30.1 Å². The molecule has 146 valence electrons. The van der Waals surface area contributed by atoms with Gasteiger partial charge in [0.1, 0.15) is 6.10 Å². The van der Waals surface area contributed by atoms with Crippen molar-refractivity contribution in [1.29, 1.82) is 0 Å². The Morgan fingerprint density at radius 3 is 2.46 bits per heavy atom. The zero-order valence-electron chi connectivity index (χ0n) is 16.8. The van der Waals surface area contributed by atoms with Crippen molar-refractivity contribution in [2.45, 2.75) is 78.5 Å². The van der Waals surface area contributed by atoms with E-state index in [2.05, 4.69) is 26.1 Å². The normalized spacial score (nSPS) is 27.4. The molecule has 0 saturated carbocycles. The topological polar surface area (TPSA) is 56.8 Å². The highest BCUT2D eigenvalue weighted by Gasteiger charge is 2.44. The Kier molecular flexibility index (Phi) is 7.07. The zero-order chi connectivity index (χ0) is 19.3. The molecule has 5 heteroatoms. The van der Waals surface area contributed by atoms with Gasteiger partial charge >= 0.3 is 6.09 Å². The Hall–Kier alpha value is -1.59. The molecule has 0 unspecified atom stereocenters. The average Bonchev–Trinajstić information content (AvgIpc) is 2.61. The van der Waals surface area contributed by atoms with Crippen LogP contribution in [0.25, 0.3) is 0 Å². The molecule has 5 nitrogen and oxygen atoms in total. The van der Waals surface area contributed by atoms with Gasteiger partial charge in [0.05, 0.1) is 12.2 Å². The van der Waals surface area contributed by atoms with E-state index in [4.69, 9.17) is 14.2 Å². The number of hydrogen-bond acceptors (Lipinski definition) is 4. The molecular weight excluding hydrogens is 330 g/mol. The lowest BCUT2D eigenvalue weighted by Gasteiger charge is -2.47. The van der Waals surface area contributed by atoms with Crippen molar-refractivity contribution < 1.29 is 19.0 Å². The molecule has 0 radical (unpaired) electrons. The number of benzene rings is 1. The first-order valence-electron chi connectivity index (χ1n) is 9.65. The summed E-state index contributed by atoms with van der Waals surface area (Å²) in [5.74, 6) is -0.330. The number of rotatable bonds is 6. The summed E-state index contributed by atoms with van der Waals surface area (Å²) in [5.41, 5.74) is 0.725. The third kappa shape index (κ3) is 5.21. The summed E-state index contributed by atoms with van der Waals surface area (Å²) in [6.45, 7) is 12.3. The summed E-state index contributed by atoms with van der Waals surface area (Å²) in [5, 5.41) is 2.79. The van der Waals surface area contributed by atoms with Gasteiger partial charge in [-0.25, -0.2) is 4.79 Å². The number of carbonyl (C=O) groups excluding carboxylic acids is 1. The Morgan fingerprint density at radius 2 is 1.88 bits per heavy atom. The second-order valence-electron chi connectivity index (χ2n) is 7.61. The number of ether oxygens (including phenoxy) is 3. The first-order valence-corrected chi connectivity index (χ1v) is 9.65. The zero-order valence-corrected chi connectivity index (χ0v) is 16.8. The molecule has 0 spiro atoms. The minimum absolute atomic E-state index is 0.0295. The van der Waals surface area contributed by atoms with Gasteiger partial charge in [0.2, 0.25) is 0 Å². The standard InChI is InChI=1S/C21H33NO4/c1-7-17(24-20(23)22-16-12-10-9-11-13-16)14(3)19-15(4)18(8-2)25-21(5,6)26-19/h9-15,17-19H,7-8H2,1-6H3,(H,22,23)/t14-,15-,17-,18+,19-/m0/s1. The highest BCUT2D eigenvalue weighted by atomic mass is 16.7. The van der Waals surface area contributed by atoms with Crippen LogP contribution in [0, 0.1) is 11.8 Å². The van der Waals surface area contributed by atoms with Gasteiger partial charge in [-0.15, -0.1) is 0 Å². The van der Waals surface area contributed by atoms with E-state index in [9.17, 15) is 4.79 Å². The van der Waals surface area contributed by atoms with Crippen molar-refractivity contribution in [3.8, 4) is 0 Å². The summed E-state index contributed by atoms with van der Waals surface area (Å²) in [7, 11) is 0. The number of para-hydroxylation sites is 1. The lowest BCUT2D eigenvalue weighted by atomic mass is 9.83. The van der Waals surface area contributed by atoms with Gasteiger partial charge in [0, 0.05) is 17.5 Å². The minimum Gasteiger partial charge on any atom is -0.446 e. The smallest absolute Gasteiger partial charge is 0.411 e. The second-order valence-corrected chi connectivity index (χ2v) is 7.61. The maximum atomic E-state index is 12.3. The molecule has 0 bridgehead atoms. The molecule has 2 rings (SSSR count). The number of amides is 1. The molecule has 1 N–H and O–H groups in total. The SMILES string of the molecule is CC[C@H](OC(=O)Nc1ccccc1)[C@H](C)[C@@H]1OC(C)(C)O[C@H](CC)[C@@H]1C. The van der Waals surface area contributed by atoms with Gasteiger partial charge in [-0.05, 0) is 38.8 Å². The van der Waals surface area contributed by atoms with Crippen LogP contribution in [0.5, 0.6) is 0 Å². The van der Waals surface area contributed by atoms with Crippen LogP contribution in [0.3, 0.4) is 0 Å². The molecule has 0 aromatic heterocycles. The van der Waals surface area contributed by atoms with Gasteiger partial charge in [0.15, 0.2) is 5.79 Å². The van der Waals surface area contributed by atoms with Gasteiger partial charge < -0.3 is 14.2 Å². The summed E-state index contributed by atoms with van der Waals surface area (Å²) in [6, 6.07) is 9.33. The highest BCUT2D eigenvalue weighted by molar-refractivity contribution is 5.84. The third-order valence-corrected chi connectivity index (χ3v) is 5.15. The monoisotopic (exact) mass is 363 g/mol. The van der Waals surface area contributed by atoms with Crippen LogP contribution < -0.4 is 5.32 Å². The fraction of sp³-hybridized carbons (Fsp3) is 0.667.